The fraction of sp³-hybridized carbons (Fsp3) is 0.333. The van der Waals surface area contributed by atoms with Crippen LogP contribution in [0.4, 0.5) is 5.69 Å². The van der Waals surface area contributed by atoms with E-state index >= 15 is 0 Å². The molecule has 0 radical (unpaired) electrons. The Morgan fingerprint density at radius 2 is 1.96 bits per heavy atom. The molecule has 0 saturated carbocycles. The summed E-state index contributed by atoms with van der Waals surface area (Å²) < 4.78 is 1.58. The van der Waals surface area contributed by atoms with Gasteiger partial charge in [-0.1, -0.05) is 0 Å². The van der Waals surface area contributed by atoms with Gasteiger partial charge < -0.3 is 9.47 Å². The van der Waals surface area contributed by atoms with Crippen LogP contribution in [0.25, 0.3) is 10.9 Å². The molecule has 128 valence electrons. The van der Waals surface area contributed by atoms with E-state index in [0.717, 1.165) is 37.1 Å². The second kappa shape index (κ2) is 6.60. The van der Waals surface area contributed by atoms with Gasteiger partial charge in [-0.2, -0.15) is 0 Å². The molecule has 7 heteroatoms. The van der Waals surface area contributed by atoms with Gasteiger partial charge in [0.1, 0.15) is 12.0 Å². The zero-order valence-electron chi connectivity index (χ0n) is 14.2. The third-order valence-electron chi connectivity index (χ3n) is 4.69. The van der Waals surface area contributed by atoms with Gasteiger partial charge in [-0.15, -0.1) is 0 Å². The SMILES string of the molecule is Cn1ccnc(CN2CCN(c3ccc4ncncc4c3)CC2)c1=O. The number of rotatable bonds is 3. The minimum atomic E-state index is -0.0144. The lowest BCUT2D eigenvalue weighted by Crippen LogP contribution is -2.46. The lowest BCUT2D eigenvalue weighted by atomic mass is 10.2. The second-order valence-corrected chi connectivity index (χ2v) is 6.32. The van der Waals surface area contributed by atoms with E-state index in [2.05, 4.69) is 36.9 Å². The summed E-state index contributed by atoms with van der Waals surface area (Å²) in [6, 6.07) is 6.29. The van der Waals surface area contributed by atoms with Crippen LogP contribution in [0.5, 0.6) is 0 Å². The maximum absolute atomic E-state index is 12.1. The summed E-state index contributed by atoms with van der Waals surface area (Å²) in [4.78, 5) is 29.4. The van der Waals surface area contributed by atoms with E-state index < -0.39 is 0 Å². The van der Waals surface area contributed by atoms with Gasteiger partial charge in [0.25, 0.3) is 5.56 Å². The first-order chi connectivity index (χ1) is 12.2. The van der Waals surface area contributed by atoms with Crippen molar-refractivity contribution in [1.82, 2.24) is 24.4 Å². The Labute approximate surface area is 145 Å². The third-order valence-corrected chi connectivity index (χ3v) is 4.69. The minimum Gasteiger partial charge on any atom is -0.369 e. The van der Waals surface area contributed by atoms with Crippen molar-refractivity contribution in [1.29, 1.82) is 0 Å². The van der Waals surface area contributed by atoms with Gasteiger partial charge in [0, 0.05) is 69.4 Å². The molecule has 4 rings (SSSR count). The van der Waals surface area contributed by atoms with Crippen molar-refractivity contribution in [3.8, 4) is 0 Å². The fourth-order valence-electron chi connectivity index (χ4n) is 3.20. The number of hydrogen-bond acceptors (Lipinski definition) is 6. The lowest BCUT2D eigenvalue weighted by molar-refractivity contribution is 0.245. The van der Waals surface area contributed by atoms with Crippen molar-refractivity contribution in [3.05, 3.63) is 59.2 Å². The zero-order chi connectivity index (χ0) is 17.2. The molecule has 1 aromatic carbocycles. The minimum absolute atomic E-state index is 0.0144. The highest BCUT2D eigenvalue weighted by molar-refractivity contribution is 5.81. The number of piperazine rings is 1. The molecule has 1 saturated heterocycles. The van der Waals surface area contributed by atoms with Crippen molar-refractivity contribution in [2.45, 2.75) is 6.54 Å². The number of anilines is 1. The molecule has 0 spiro atoms. The molecule has 25 heavy (non-hydrogen) atoms. The van der Waals surface area contributed by atoms with Gasteiger partial charge in [0.2, 0.25) is 0 Å². The largest absolute Gasteiger partial charge is 0.369 e. The Kier molecular flexibility index (Phi) is 4.15. The Morgan fingerprint density at radius 1 is 1.12 bits per heavy atom. The van der Waals surface area contributed by atoms with Crippen molar-refractivity contribution < 1.29 is 0 Å². The fourth-order valence-corrected chi connectivity index (χ4v) is 3.20. The normalized spacial score (nSPS) is 15.6. The van der Waals surface area contributed by atoms with E-state index in [1.54, 1.807) is 30.3 Å². The quantitative estimate of drug-likeness (QED) is 0.712. The van der Waals surface area contributed by atoms with Crippen molar-refractivity contribution in [2.24, 2.45) is 7.05 Å². The Morgan fingerprint density at radius 3 is 2.80 bits per heavy atom. The van der Waals surface area contributed by atoms with E-state index in [4.69, 9.17) is 0 Å². The number of fused-ring (bicyclic) bond motifs is 1. The number of aromatic nitrogens is 4. The van der Waals surface area contributed by atoms with Crippen LogP contribution < -0.4 is 10.5 Å². The highest BCUT2D eigenvalue weighted by Crippen LogP contribution is 2.21. The van der Waals surface area contributed by atoms with Gasteiger partial charge in [-0.05, 0) is 18.2 Å². The summed E-state index contributed by atoms with van der Waals surface area (Å²) in [6.45, 7) is 4.26. The molecular formula is C18H20N6O. The first-order valence-electron chi connectivity index (χ1n) is 8.38. The summed E-state index contributed by atoms with van der Waals surface area (Å²) in [5, 5.41) is 1.06. The van der Waals surface area contributed by atoms with Gasteiger partial charge in [-0.3, -0.25) is 14.7 Å². The Hall–Kier alpha value is -2.80. The van der Waals surface area contributed by atoms with Crippen LogP contribution in [0.3, 0.4) is 0 Å². The smallest absolute Gasteiger partial charge is 0.273 e. The van der Waals surface area contributed by atoms with E-state index in [1.165, 1.54) is 5.69 Å². The third kappa shape index (κ3) is 3.23. The molecule has 0 atom stereocenters. The summed E-state index contributed by atoms with van der Waals surface area (Å²) in [5.74, 6) is 0. The lowest BCUT2D eigenvalue weighted by Gasteiger charge is -2.35. The molecule has 1 fully saturated rings. The van der Waals surface area contributed by atoms with Crippen molar-refractivity contribution >= 4 is 16.6 Å². The zero-order valence-corrected chi connectivity index (χ0v) is 14.2. The molecule has 2 aromatic heterocycles. The van der Waals surface area contributed by atoms with Crippen molar-refractivity contribution in [2.75, 3.05) is 31.1 Å². The molecule has 0 amide bonds. The number of nitrogens with zero attached hydrogens (tertiary/aromatic N) is 6. The second-order valence-electron chi connectivity index (χ2n) is 6.32. The molecule has 0 aliphatic carbocycles. The summed E-state index contributed by atoms with van der Waals surface area (Å²) in [7, 11) is 1.76. The van der Waals surface area contributed by atoms with Crippen molar-refractivity contribution in [3.63, 3.8) is 0 Å². The van der Waals surface area contributed by atoms with Crippen LogP contribution >= 0.6 is 0 Å². The van der Waals surface area contributed by atoms with Gasteiger partial charge >= 0.3 is 0 Å². The van der Waals surface area contributed by atoms with Crippen LogP contribution in [0.2, 0.25) is 0 Å². The van der Waals surface area contributed by atoms with E-state index in [1.807, 2.05) is 12.3 Å². The average Bonchev–Trinajstić information content (AvgIpc) is 2.66. The highest BCUT2D eigenvalue weighted by atomic mass is 16.1. The predicted molar refractivity (Wildman–Crippen MR) is 96.5 cm³/mol. The molecular weight excluding hydrogens is 316 g/mol. The average molecular weight is 336 g/mol. The van der Waals surface area contributed by atoms with Crippen LogP contribution in [-0.2, 0) is 13.6 Å². The molecule has 0 N–H and O–H groups in total. The van der Waals surface area contributed by atoms with Gasteiger partial charge in [0.05, 0.1) is 5.52 Å². The maximum atomic E-state index is 12.1. The molecule has 7 nitrogen and oxygen atoms in total. The molecule has 0 bridgehead atoms. The van der Waals surface area contributed by atoms with Gasteiger partial charge in [0.15, 0.2) is 0 Å². The topological polar surface area (TPSA) is 67.2 Å². The van der Waals surface area contributed by atoms with Crippen LogP contribution in [0, 0.1) is 0 Å². The number of benzene rings is 1. The standard InChI is InChI=1S/C18H20N6O/c1-22-5-4-20-17(18(22)25)12-23-6-8-24(9-7-23)15-2-3-16-14(10-15)11-19-13-21-16/h2-5,10-11,13H,6-9,12H2,1H3. The molecule has 0 unspecified atom stereocenters. The predicted octanol–water partition coefficient (Wildman–Crippen LogP) is 1.05. The Bertz CT molecular complexity index is 945. The van der Waals surface area contributed by atoms with E-state index in [-0.39, 0.29) is 5.56 Å². The summed E-state index contributed by atoms with van der Waals surface area (Å²) in [6.07, 6.45) is 6.79. The maximum Gasteiger partial charge on any atom is 0.273 e. The monoisotopic (exact) mass is 336 g/mol. The number of aryl methyl sites for hydroxylation is 1. The van der Waals surface area contributed by atoms with Crippen LogP contribution in [0.15, 0.2) is 47.9 Å². The van der Waals surface area contributed by atoms with E-state index in [0.29, 0.717) is 12.2 Å². The Balaban J connectivity index is 1.43. The first-order valence-corrected chi connectivity index (χ1v) is 8.38. The van der Waals surface area contributed by atoms with E-state index in [9.17, 15) is 4.79 Å². The molecule has 3 aromatic rings. The van der Waals surface area contributed by atoms with Crippen LogP contribution in [0.1, 0.15) is 5.69 Å². The number of hydrogen-bond donors (Lipinski definition) is 0. The molecule has 3 heterocycles. The van der Waals surface area contributed by atoms with Gasteiger partial charge in [-0.25, -0.2) is 9.97 Å². The molecule has 1 aliphatic heterocycles. The molecule has 1 aliphatic rings. The summed E-state index contributed by atoms with van der Waals surface area (Å²) in [5.41, 5.74) is 2.75. The van der Waals surface area contributed by atoms with Crippen LogP contribution in [-0.4, -0.2) is 50.6 Å². The highest BCUT2D eigenvalue weighted by Gasteiger charge is 2.19. The first kappa shape index (κ1) is 15.7. The summed E-state index contributed by atoms with van der Waals surface area (Å²) >= 11 is 0.